The van der Waals surface area contributed by atoms with Crippen molar-refractivity contribution in [3.05, 3.63) is 99.7 Å². The first-order valence-corrected chi connectivity index (χ1v) is 14.5. The van der Waals surface area contributed by atoms with E-state index in [-0.39, 0.29) is 54.1 Å². The van der Waals surface area contributed by atoms with Crippen molar-refractivity contribution >= 4 is 40.8 Å². The normalized spacial score (nSPS) is 20.3. The highest BCUT2D eigenvalue weighted by molar-refractivity contribution is 6.31. The first-order valence-electron chi connectivity index (χ1n) is 14.2. The Balaban J connectivity index is 1.25. The summed E-state index contributed by atoms with van der Waals surface area (Å²) in [6.07, 6.45) is 7.00. The van der Waals surface area contributed by atoms with Crippen LogP contribution in [-0.4, -0.2) is 63.3 Å². The molecule has 0 spiro atoms. The molecule has 3 aliphatic rings. The first-order chi connectivity index (χ1) is 21.2. The number of nitrogens with zero attached hydrogens (tertiary/aromatic N) is 5. The molecule has 2 aromatic carbocycles. The van der Waals surface area contributed by atoms with Crippen molar-refractivity contribution in [2.75, 3.05) is 13.1 Å². The third-order valence-electron chi connectivity index (χ3n) is 7.55. The summed E-state index contributed by atoms with van der Waals surface area (Å²) < 4.78 is 29.7. The second-order valence-electron chi connectivity index (χ2n) is 11.0. The third kappa shape index (κ3) is 6.06. The zero-order chi connectivity index (χ0) is 31.0. The Labute approximate surface area is 258 Å². The van der Waals surface area contributed by atoms with Crippen LogP contribution in [0.5, 0.6) is 0 Å². The number of piperazine rings is 1. The van der Waals surface area contributed by atoms with Crippen molar-refractivity contribution in [1.82, 2.24) is 25.5 Å². The van der Waals surface area contributed by atoms with Crippen molar-refractivity contribution in [3.63, 3.8) is 0 Å². The molecule has 1 amide bonds. The van der Waals surface area contributed by atoms with E-state index in [4.69, 9.17) is 22.0 Å². The number of hydrogen-bond acceptors (Lipinski definition) is 7. The van der Waals surface area contributed by atoms with E-state index in [0.717, 1.165) is 0 Å². The number of nitrogens with one attached hydrogen (secondary N) is 3. The lowest BCUT2D eigenvalue weighted by molar-refractivity contribution is -0.116. The fourth-order valence-corrected chi connectivity index (χ4v) is 5.80. The molecule has 2 aliphatic heterocycles. The molecule has 2 unspecified atom stereocenters. The molecule has 12 heteroatoms. The maximum Gasteiger partial charge on any atom is 0.254 e. The molecular weight excluding hydrogens is 586 g/mol. The Morgan fingerprint density at radius 1 is 1.14 bits per heavy atom. The molecule has 0 radical (unpaired) electrons. The van der Waals surface area contributed by atoms with Crippen LogP contribution in [0.2, 0.25) is 5.02 Å². The van der Waals surface area contributed by atoms with Crippen molar-refractivity contribution < 1.29 is 13.6 Å². The number of halogens is 3. The van der Waals surface area contributed by atoms with Gasteiger partial charge in [-0.15, -0.1) is 0 Å². The predicted molar refractivity (Wildman–Crippen MR) is 167 cm³/mol. The number of aliphatic imine (C=N–C) groups is 2. The van der Waals surface area contributed by atoms with Crippen LogP contribution in [0.4, 0.5) is 14.7 Å². The zero-order valence-electron chi connectivity index (χ0n) is 24.0. The van der Waals surface area contributed by atoms with E-state index in [1.807, 2.05) is 18.7 Å². The molecule has 3 N–H and O–H groups in total. The van der Waals surface area contributed by atoms with Crippen LogP contribution in [0.25, 0.3) is 11.3 Å². The number of hydrogen-bond donors (Lipinski definition) is 3. The van der Waals surface area contributed by atoms with Crippen LogP contribution in [0.3, 0.4) is 0 Å². The molecule has 6 rings (SSSR count). The van der Waals surface area contributed by atoms with Gasteiger partial charge in [-0.1, -0.05) is 35.9 Å². The number of fused-ring (bicyclic) bond motifs is 3. The van der Waals surface area contributed by atoms with Gasteiger partial charge in [0.2, 0.25) is 5.95 Å². The molecule has 44 heavy (non-hydrogen) atoms. The van der Waals surface area contributed by atoms with Gasteiger partial charge in [0.25, 0.3) is 5.91 Å². The quantitative estimate of drug-likeness (QED) is 0.280. The maximum absolute atomic E-state index is 14.8. The molecule has 224 valence electrons. The summed E-state index contributed by atoms with van der Waals surface area (Å²) >= 11 is 6.32. The predicted octanol–water partition coefficient (Wildman–Crippen LogP) is 5.12. The largest absolute Gasteiger partial charge is 0.340 e. The Hall–Kier alpha value is -4.61. The minimum atomic E-state index is -0.733. The van der Waals surface area contributed by atoms with Gasteiger partial charge in [0.05, 0.1) is 23.5 Å². The first kappa shape index (κ1) is 29.5. The Morgan fingerprint density at radius 2 is 1.89 bits per heavy atom. The Bertz CT molecular complexity index is 1770. The molecule has 1 saturated heterocycles. The smallest absolute Gasteiger partial charge is 0.254 e. The van der Waals surface area contributed by atoms with Gasteiger partial charge in [0.15, 0.2) is 5.96 Å². The van der Waals surface area contributed by atoms with Gasteiger partial charge < -0.3 is 10.2 Å². The minimum Gasteiger partial charge on any atom is -0.340 e. The van der Waals surface area contributed by atoms with E-state index < -0.39 is 11.6 Å². The van der Waals surface area contributed by atoms with Gasteiger partial charge in [-0.25, -0.2) is 23.7 Å². The highest BCUT2D eigenvalue weighted by Gasteiger charge is 2.27. The van der Waals surface area contributed by atoms with Crippen LogP contribution >= 0.6 is 11.6 Å². The van der Waals surface area contributed by atoms with Gasteiger partial charge in [0.1, 0.15) is 11.6 Å². The minimum absolute atomic E-state index is 0.0637. The lowest BCUT2D eigenvalue weighted by Crippen LogP contribution is -2.58. The summed E-state index contributed by atoms with van der Waals surface area (Å²) in [5.41, 5.74) is 3.10. The van der Waals surface area contributed by atoms with E-state index in [1.54, 1.807) is 42.6 Å². The summed E-state index contributed by atoms with van der Waals surface area (Å²) in [6.45, 7) is 5.43. The molecule has 1 aromatic heterocycles. The molecule has 1 fully saturated rings. The maximum atomic E-state index is 14.8. The van der Waals surface area contributed by atoms with Gasteiger partial charge in [-0.05, 0) is 44.2 Å². The van der Waals surface area contributed by atoms with Gasteiger partial charge in [-0.2, -0.15) is 0 Å². The van der Waals surface area contributed by atoms with E-state index in [9.17, 15) is 13.6 Å². The second kappa shape index (κ2) is 12.2. The van der Waals surface area contributed by atoms with E-state index in [1.165, 1.54) is 18.2 Å². The standard InChI is InChI=1S/C32H29ClF2N8O/c1-17-15-43(16-18(2)39-17)31(36)42-30(44)19-5-3-6-22(11-19)40-32-38-14-20-13-37-29(27-25(34)7-4-8-26(27)35)24-12-21(33)9-10-23(24)28(20)41-32/h3-10,12,14,17-18,39H,11,13,15-16H2,1-2H3,(H2,36,42,44)/b40-22-. The average Bonchev–Trinajstić information content (AvgIpc) is 3.13. The number of carbonyl (C=O) groups is 1. The molecular formula is C32H29ClF2N8O. The number of aromatic nitrogens is 2. The highest BCUT2D eigenvalue weighted by Crippen LogP contribution is 2.35. The molecule has 3 heterocycles. The lowest BCUT2D eigenvalue weighted by Gasteiger charge is -2.37. The Kier molecular flexibility index (Phi) is 8.15. The van der Waals surface area contributed by atoms with Gasteiger partial charge in [0, 0.05) is 70.8 Å². The molecule has 1 aliphatic carbocycles. The number of allylic oxidation sites excluding steroid dienone is 3. The molecule has 2 atom stereocenters. The summed E-state index contributed by atoms with van der Waals surface area (Å²) in [5, 5.41) is 14.9. The fourth-order valence-electron chi connectivity index (χ4n) is 5.63. The molecule has 0 saturated carbocycles. The van der Waals surface area contributed by atoms with Crippen molar-refractivity contribution in [2.45, 2.75) is 38.9 Å². The number of amides is 1. The number of guanidine groups is 1. The van der Waals surface area contributed by atoms with Crippen LogP contribution < -0.4 is 10.6 Å². The third-order valence-corrected chi connectivity index (χ3v) is 7.78. The van der Waals surface area contributed by atoms with E-state index in [2.05, 4.69) is 25.6 Å². The summed E-state index contributed by atoms with van der Waals surface area (Å²) in [7, 11) is 0. The van der Waals surface area contributed by atoms with E-state index >= 15 is 0 Å². The SMILES string of the molecule is CC1CN(C(=N)NC(=O)C2=CC=C/C(=N/c3ncc4c(n3)-c3ccc(Cl)cc3C(c3c(F)cccc3F)=NC4)C2)CC(C)N1. The van der Waals surface area contributed by atoms with Gasteiger partial charge >= 0.3 is 0 Å². The van der Waals surface area contributed by atoms with E-state index in [0.29, 0.717) is 51.8 Å². The molecule has 9 nitrogen and oxygen atoms in total. The lowest BCUT2D eigenvalue weighted by atomic mass is 9.95. The zero-order valence-corrected chi connectivity index (χ0v) is 24.8. The molecule has 3 aromatic rings. The van der Waals surface area contributed by atoms with Crippen LogP contribution in [0, 0.1) is 17.0 Å². The van der Waals surface area contributed by atoms with Crippen LogP contribution in [0.1, 0.15) is 37.0 Å². The summed E-state index contributed by atoms with van der Waals surface area (Å²) in [4.78, 5) is 33.2. The summed E-state index contributed by atoms with van der Waals surface area (Å²) in [6, 6.07) is 9.11. The molecule has 0 bridgehead atoms. The van der Waals surface area contributed by atoms with Crippen molar-refractivity contribution in [3.8, 4) is 11.3 Å². The van der Waals surface area contributed by atoms with Gasteiger partial charge in [-0.3, -0.25) is 20.5 Å². The average molecular weight is 615 g/mol. The second-order valence-corrected chi connectivity index (χ2v) is 11.4. The monoisotopic (exact) mass is 614 g/mol. The summed E-state index contributed by atoms with van der Waals surface area (Å²) in [5.74, 6) is -1.62. The number of carbonyl (C=O) groups excluding carboxylic acids is 1. The number of benzene rings is 2. The Morgan fingerprint density at radius 3 is 2.64 bits per heavy atom. The van der Waals surface area contributed by atoms with Crippen molar-refractivity contribution in [2.24, 2.45) is 9.98 Å². The fraction of sp³-hybridized carbons (Fsp3) is 0.250. The van der Waals surface area contributed by atoms with Crippen LogP contribution in [-0.2, 0) is 11.3 Å². The highest BCUT2D eigenvalue weighted by atomic mass is 35.5. The number of rotatable bonds is 3. The van der Waals surface area contributed by atoms with Crippen LogP contribution in [0.15, 0.2) is 76.4 Å². The topological polar surface area (TPSA) is 119 Å². The van der Waals surface area contributed by atoms with Crippen molar-refractivity contribution in [1.29, 1.82) is 5.41 Å².